The first-order valence-electron chi connectivity index (χ1n) is 10.2. The molecule has 3 fully saturated rings. The smallest absolute Gasteiger partial charge is 0.254 e. The molecule has 0 bridgehead atoms. The largest absolute Gasteiger partial charge is 0.356 e. The lowest BCUT2D eigenvalue weighted by Gasteiger charge is -2.43. The number of aromatic nitrogens is 4. The van der Waals surface area contributed by atoms with Crippen molar-refractivity contribution in [1.82, 2.24) is 29.5 Å². The zero-order valence-electron chi connectivity index (χ0n) is 16.1. The van der Waals surface area contributed by atoms with Crippen LogP contribution >= 0.6 is 0 Å². The molecule has 152 valence electrons. The molecule has 2 amide bonds. The number of morpholine rings is 1. The molecule has 0 spiro atoms. The molecule has 2 aromatic rings. The van der Waals surface area contributed by atoms with E-state index in [-0.39, 0.29) is 24.5 Å². The zero-order valence-corrected chi connectivity index (χ0v) is 16.1. The van der Waals surface area contributed by atoms with Crippen LogP contribution < -0.4 is 0 Å². The van der Waals surface area contributed by atoms with Crippen molar-refractivity contribution in [1.29, 1.82) is 0 Å². The Hall–Kier alpha value is -2.81. The summed E-state index contributed by atoms with van der Waals surface area (Å²) < 4.78 is 7.85. The third-order valence-electron chi connectivity index (χ3n) is 6.10. The highest BCUT2D eigenvalue weighted by Crippen LogP contribution is 2.40. The van der Waals surface area contributed by atoms with Gasteiger partial charge in [-0.25, -0.2) is 0 Å². The normalized spacial score (nSPS) is 26.0. The molecule has 4 heterocycles. The molecule has 0 aromatic carbocycles. The van der Waals surface area contributed by atoms with E-state index in [1.807, 2.05) is 26.5 Å². The first-order chi connectivity index (χ1) is 14.2. The molecule has 0 unspecified atom stereocenters. The number of rotatable bonds is 4. The van der Waals surface area contributed by atoms with Crippen molar-refractivity contribution in [3.8, 4) is 0 Å². The fourth-order valence-corrected chi connectivity index (χ4v) is 4.47. The van der Waals surface area contributed by atoms with Gasteiger partial charge in [-0.1, -0.05) is 6.07 Å². The summed E-state index contributed by atoms with van der Waals surface area (Å²) in [6, 6.07) is 3.85. The molecule has 2 aliphatic heterocycles. The highest BCUT2D eigenvalue weighted by molar-refractivity contribution is 5.87. The fourth-order valence-electron chi connectivity index (χ4n) is 4.47. The molecule has 2 atom stereocenters. The average Bonchev–Trinajstić information content (AvgIpc) is 3.46. The molecule has 1 saturated carbocycles. The van der Waals surface area contributed by atoms with E-state index in [1.54, 1.807) is 25.0 Å². The van der Waals surface area contributed by atoms with Crippen molar-refractivity contribution in [3.05, 3.63) is 42.7 Å². The van der Waals surface area contributed by atoms with Gasteiger partial charge < -0.3 is 19.1 Å². The minimum atomic E-state index is -0.691. The predicted molar refractivity (Wildman–Crippen MR) is 101 cm³/mol. The monoisotopic (exact) mass is 396 g/mol. The number of pyridine rings is 1. The molecular formula is C20H24N6O3. The summed E-state index contributed by atoms with van der Waals surface area (Å²) in [4.78, 5) is 34.0. The third-order valence-corrected chi connectivity index (χ3v) is 6.10. The van der Waals surface area contributed by atoms with Crippen molar-refractivity contribution >= 4 is 11.8 Å². The van der Waals surface area contributed by atoms with E-state index in [2.05, 4.69) is 15.2 Å². The summed E-state index contributed by atoms with van der Waals surface area (Å²) in [6.07, 6.45) is 9.85. The van der Waals surface area contributed by atoms with Gasteiger partial charge >= 0.3 is 0 Å². The highest BCUT2D eigenvalue weighted by Gasteiger charge is 2.48. The van der Waals surface area contributed by atoms with E-state index < -0.39 is 12.1 Å². The summed E-state index contributed by atoms with van der Waals surface area (Å²) in [5.41, 5.74) is 0.852. The number of piperidine rings is 1. The molecule has 9 nitrogen and oxygen atoms in total. The molecule has 0 N–H and O–H groups in total. The first-order valence-corrected chi connectivity index (χ1v) is 10.2. The predicted octanol–water partition coefficient (Wildman–Crippen LogP) is 0.968. The van der Waals surface area contributed by atoms with Crippen LogP contribution in [0.1, 0.15) is 43.3 Å². The maximum atomic E-state index is 13.4. The van der Waals surface area contributed by atoms with Crippen LogP contribution in [0.3, 0.4) is 0 Å². The number of hydrogen-bond donors (Lipinski definition) is 0. The van der Waals surface area contributed by atoms with E-state index in [9.17, 15) is 9.59 Å². The number of nitrogens with zero attached hydrogens (tertiary/aromatic N) is 6. The summed E-state index contributed by atoms with van der Waals surface area (Å²) in [5, 5.41) is 7.75. The Morgan fingerprint density at radius 1 is 1.07 bits per heavy atom. The lowest BCUT2D eigenvalue weighted by atomic mass is 9.96. The lowest BCUT2D eigenvalue weighted by molar-refractivity contribution is -0.171. The van der Waals surface area contributed by atoms with Crippen LogP contribution in [0.25, 0.3) is 0 Å². The second-order valence-corrected chi connectivity index (χ2v) is 7.96. The number of amides is 2. The topological polar surface area (TPSA) is 93.5 Å². The van der Waals surface area contributed by atoms with Crippen LogP contribution in [0.4, 0.5) is 0 Å². The van der Waals surface area contributed by atoms with Gasteiger partial charge in [0, 0.05) is 37.6 Å². The second-order valence-electron chi connectivity index (χ2n) is 7.96. The van der Waals surface area contributed by atoms with Crippen LogP contribution in [0.15, 0.2) is 37.2 Å². The Kier molecular flexibility index (Phi) is 4.75. The van der Waals surface area contributed by atoms with E-state index in [1.165, 1.54) is 0 Å². The molecule has 9 heteroatoms. The van der Waals surface area contributed by atoms with Crippen molar-refractivity contribution in [2.45, 2.75) is 49.9 Å². The average molecular weight is 396 g/mol. The Labute approximate surface area is 168 Å². The number of carbonyl (C=O) groups is 2. The summed E-state index contributed by atoms with van der Waals surface area (Å²) in [6.45, 7) is 1.26. The van der Waals surface area contributed by atoms with Crippen molar-refractivity contribution in [2.24, 2.45) is 0 Å². The van der Waals surface area contributed by atoms with Gasteiger partial charge in [0.25, 0.3) is 5.91 Å². The van der Waals surface area contributed by atoms with Gasteiger partial charge in [-0.15, -0.1) is 10.2 Å². The van der Waals surface area contributed by atoms with Gasteiger partial charge in [-0.2, -0.15) is 0 Å². The van der Waals surface area contributed by atoms with Gasteiger partial charge in [0.05, 0.1) is 6.04 Å². The number of carbonyl (C=O) groups excluding carboxylic acids is 2. The Morgan fingerprint density at radius 3 is 2.48 bits per heavy atom. The van der Waals surface area contributed by atoms with Crippen LogP contribution in [0.5, 0.6) is 0 Å². The molecule has 0 radical (unpaired) electrons. The number of ether oxygens (including phenoxy) is 1. The van der Waals surface area contributed by atoms with Crippen molar-refractivity contribution in [2.75, 3.05) is 19.7 Å². The summed E-state index contributed by atoms with van der Waals surface area (Å²) >= 11 is 0. The van der Waals surface area contributed by atoms with Gasteiger partial charge in [-0.3, -0.25) is 14.6 Å². The van der Waals surface area contributed by atoms with Crippen LogP contribution in [-0.2, 0) is 14.3 Å². The third kappa shape index (κ3) is 3.50. The molecule has 2 saturated heterocycles. The van der Waals surface area contributed by atoms with Crippen LogP contribution in [0, 0.1) is 0 Å². The Balaban J connectivity index is 1.35. The molecular weight excluding hydrogens is 372 g/mol. The Morgan fingerprint density at radius 2 is 1.83 bits per heavy atom. The van der Waals surface area contributed by atoms with Crippen LogP contribution in [-0.4, -0.2) is 73.2 Å². The molecule has 2 aromatic heterocycles. The Bertz CT molecular complexity index is 862. The number of hydrogen-bond acceptors (Lipinski definition) is 6. The van der Waals surface area contributed by atoms with Gasteiger partial charge in [0.15, 0.2) is 6.10 Å². The van der Waals surface area contributed by atoms with Crippen molar-refractivity contribution < 1.29 is 14.3 Å². The SMILES string of the molecule is O=C([C@H]1OCC(=O)N(C2CC2)[C@@H]1c1cccnc1)N1CCC(n2cnnc2)CC1. The number of likely N-dealkylation sites (tertiary alicyclic amines) is 1. The quantitative estimate of drug-likeness (QED) is 0.764. The molecule has 3 aliphatic rings. The maximum absolute atomic E-state index is 13.4. The van der Waals surface area contributed by atoms with E-state index in [0.29, 0.717) is 19.1 Å². The highest BCUT2D eigenvalue weighted by atomic mass is 16.5. The summed E-state index contributed by atoms with van der Waals surface area (Å²) in [7, 11) is 0. The van der Waals surface area contributed by atoms with Crippen LogP contribution in [0.2, 0.25) is 0 Å². The van der Waals surface area contributed by atoms with E-state index in [0.717, 1.165) is 31.2 Å². The summed E-state index contributed by atoms with van der Waals surface area (Å²) in [5.74, 6) is -0.0871. The van der Waals surface area contributed by atoms with Gasteiger partial charge in [0.1, 0.15) is 19.3 Å². The molecule has 5 rings (SSSR count). The van der Waals surface area contributed by atoms with E-state index >= 15 is 0 Å². The zero-order chi connectivity index (χ0) is 19.8. The minimum Gasteiger partial charge on any atom is -0.356 e. The lowest BCUT2D eigenvalue weighted by Crippen LogP contribution is -2.56. The maximum Gasteiger partial charge on any atom is 0.254 e. The molecule has 29 heavy (non-hydrogen) atoms. The second kappa shape index (κ2) is 7.55. The van der Waals surface area contributed by atoms with Gasteiger partial charge in [0.2, 0.25) is 5.91 Å². The first kappa shape index (κ1) is 18.2. The van der Waals surface area contributed by atoms with Gasteiger partial charge in [-0.05, 0) is 37.3 Å². The standard InChI is InChI=1S/C20H24N6O3/c27-17-11-29-19(18(26(17)16-3-4-16)14-2-1-7-21-10-14)20(28)24-8-5-15(6-9-24)25-12-22-23-13-25/h1-2,7,10,12-13,15-16,18-19H,3-6,8-9,11H2/t18-,19+/m1/s1. The van der Waals surface area contributed by atoms with E-state index in [4.69, 9.17) is 4.74 Å². The fraction of sp³-hybridized carbons (Fsp3) is 0.550. The minimum absolute atomic E-state index is 0.0408. The van der Waals surface area contributed by atoms with Crippen molar-refractivity contribution in [3.63, 3.8) is 0 Å². The molecule has 1 aliphatic carbocycles.